The summed E-state index contributed by atoms with van der Waals surface area (Å²) in [5.74, 6) is -1.90. The van der Waals surface area contributed by atoms with E-state index in [1.54, 1.807) is 6.92 Å². The number of carbonyl (C=O) groups excluding carboxylic acids is 1. The van der Waals surface area contributed by atoms with Crippen molar-refractivity contribution < 1.29 is 22.0 Å². The molecule has 0 bridgehead atoms. The van der Waals surface area contributed by atoms with Gasteiger partial charge in [-0.25, -0.2) is 17.2 Å². The number of rotatable bonds is 5. The second-order valence-corrected chi connectivity index (χ2v) is 8.08. The maximum absolute atomic E-state index is 13.7. The van der Waals surface area contributed by atoms with Crippen molar-refractivity contribution >= 4 is 21.3 Å². The molecule has 0 saturated heterocycles. The van der Waals surface area contributed by atoms with Crippen LogP contribution in [-0.4, -0.2) is 43.8 Å². The molecule has 0 spiro atoms. The predicted molar refractivity (Wildman–Crippen MR) is 86.5 cm³/mol. The summed E-state index contributed by atoms with van der Waals surface area (Å²) in [5, 5.41) is -0.729. The minimum Gasteiger partial charge on any atom is -0.338 e. The molecule has 2 atom stereocenters. The Morgan fingerprint density at radius 3 is 2.30 bits per heavy atom. The van der Waals surface area contributed by atoms with E-state index in [9.17, 15) is 22.0 Å². The SMILES string of the molecule is C/C(=C\C(=O)N(C)[C@H](C)[C@H](C)S(C)(=O)=O)c1ccc(F)cc1F. The molecule has 23 heavy (non-hydrogen) atoms. The van der Waals surface area contributed by atoms with E-state index in [2.05, 4.69) is 0 Å². The van der Waals surface area contributed by atoms with E-state index in [0.29, 0.717) is 5.57 Å². The highest BCUT2D eigenvalue weighted by atomic mass is 32.2. The number of likely N-dealkylation sites (N-methyl/N-ethyl adjacent to an activating group) is 1. The Kier molecular flexibility index (Phi) is 6.04. The smallest absolute Gasteiger partial charge is 0.246 e. The van der Waals surface area contributed by atoms with Gasteiger partial charge in [-0.3, -0.25) is 4.79 Å². The molecule has 0 N–H and O–H groups in total. The number of hydrogen-bond acceptors (Lipinski definition) is 3. The number of sulfone groups is 1. The molecule has 1 aromatic rings. The summed E-state index contributed by atoms with van der Waals surface area (Å²) in [5.41, 5.74) is 0.454. The van der Waals surface area contributed by atoms with Gasteiger partial charge in [0.15, 0.2) is 9.84 Å². The number of hydrogen-bond donors (Lipinski definition) is 0. The molecule has 0 aromatic heterocycles. The largest absolute Gasteiger partial charge is 0.338 e. The van der Waals surface area contributed by atoms with Crippen LogP contribution in [0.2, 0.25) is 0 Å². The lowest BCUT2D eigenvalue weighted by molar-refractivity contribution is -0.126. The minimum absolute atomic E-state index is 0.122. The molecule has 0 aliphatic heterocycles. The molecule has 1 rings (SSSR count). The second kappa shape index (κ2) is 7.21. The Labute approximate surface area is 135 Å². The van der Waals surface area contributed by atoms with Gasteiger partial charge in [0.1, 0.15) is 11.6 Å². The molecule has 1 amide bonds. The Morgan fingerprint density at radius 1 is 1.26 bits per heavy atom. The summed E-state index contributed by atoms with van der Waals surface area (Å²) in [6.07, 6.45) is 2.32. The lowest BCUT2D eigenvalue weighted by Gasteiger charge is -2.28. The summed E-state index contributed by atoms with van der Waals surface area (Å²) in [6.45, 7) is 4.69. The maximum Gasteiger partial charge on any atom is 0.246 e. The van der Waals surface area contributed by atoms with Crippen LogP contribution >= 0.6 is 0 Å². The first kappa shape index (κ1) is 19.3. The van der Waals surface area contributed by atoms with Crippen molar-refractivity contribution in [2.24, 2.45) is 0 Å². The quantitative estimate of drug-likeness (QED) is 0.771. The van der Waals surface area contributed by atoms with Gasteiger partial charge in [-0.2, -0.15) is 0 Å². The fraction of sp³-hybridized carbons (Fsp3) is 0.438. The van der Waals surface area contributed by atoms with E-state index >= 15 is 0 Å². The average Bonchev–Trinajstić information content (AvgIpc) is 2.43. The highest BCUT2D eigenvalue weighted by Crippen LogP contribution is 2.19. The third-order valence-electron chi connectivity index (χ3n) is 4.01. The third kappa shape index (κ3) is 4.86. The molecule has 1 aromatic carbocycles. The topological polar surface area (TPSA) is 54.5 Å². The van der Waals surface area contributed by atoms with Gasteiger partial charge in [-0.05, 0) is 38.5 Å². The minimum atomic E-state index is -3.29. The van der Waals surface area contributed by atoms with E-state index in [-0.39, 0.29) is 5.56 Å². The van der Waals surface area contributed by atoms with E-state index in [4.69, 9.17) is 0 Å². The van der Waals surface area contributed by atoms with Crippen molar-refractivity contribution in [2.45, 2.75) is 32.1 Å². The van der Waals surface area contributed by atoms with Gasteiger partial charge < -0.3 is 4.90 Å². The van der Waals surface area contributed by atoms with Crippen LogP contribution in [0.5, 0.6) is 0 Å². The Balaban J connectivity index is 3.00. The van der Waals surface area contributed by atoms with Crippen LogP contribution in [0.3, 0.4) is 0 Å². The Hall–Kier alpha value is -1.76. The average molecular weight is 345 g/mol. The van der Waals surface area contributed by atoms with Gasteiger partial charge in [-0.1, -0.05) is 0 Å². The fourth-order valence-corrected chi connectivity index (χ4v) is 2.95. The number of allylic oxidation sites excluding steroid dienone is 1. The van der Waals surface area contributed by atoms with Crippen LogP contribution in [0.15, 0.2) is 24.3 Å². The molecule has 0 unspecified atom stereocenters. The zero-order valence-electron chi connectivity index (χ0n) is 13.8. The van der Waals surface area contributed by atoms with Gasteiger partial charge in [0.2, 0.25) is 5.91 Å². The highest BCUT2D eigenvalue weighted by molar-refractivity contribution is 7.91. The first-order valence-electron chi connectivity index (χ1n) is 7.04. The lowest BCUT2D eigenvalue weighted by atomic mass is 10.1. The molecule has 0 fully saturated rings. The lowest BCUT2D eigenvalue weighted by Crippen LogP contribution is -2.43. The van der Waals surface area contributed by atoms with Crippen molar-refractivity contribution in [2.75, 3.05) is 13.3 Å². The van der Waals surface area contributed by atoms with Gasteiger partial charge in [-0.15, -0.1) is 0 Å². The van der Waals surface area contributed by atoms with Crippen molar-refractivity contribution in [3.8, 4) is 0 Å². The van der Waals surface area contributed by atoms with Crippen molar-refractivity contribution in [1.82, 2.24) is 4.90 Å². The van der Waals surface area contributed by atoms with Gasteiger partial charge in [0.25, 0.3) is 0 Å². The molecule has 0 heterocycles. The van der Waals surface area contributed by atoms with Crippen LogP contribution in [0.4, 0.5) is 8.78 Å². The van der Waals surface area contributed by atoms with Crippen molar-refractivity contribution in [3.63, 3.8) is 0 Å². The number of carbonyl (C=O) groups is 1. The number of benzene rings is 1. The van der Waals surface area contributed by atoms with Crippen molar-refractivity contribution in [1.29, 1.82) is 0 Å². The van der Waals surface area contributed by atoms with Crippen LogP contribution < -0.4 is 0 Å². The monoisotopic (exact) mass is 345 g/mol. The summed E-state index contributed by atoms with van der Waals surface area (Å²) >= 11 is 0. The van der Waals surface area contributed by atoms with E-state index in [1.165, 1.54) is 37.9 Å². The normalized spacial score (nSPS) is 15.2. The van der Waals surface area contributed by atoms with E-state index in [1.807, 2.05) is 0 Å². The standard InChI is InChI=1S/C16H21F2NO3S/c1-10(14-7-6-13(17)9-15(14)18)8-16(20)19(4)11(2)12(3)23(5,21)22/h6-9,11-12H,1-5H3/b10-8+/t11-,12+/m1/s1. The van der Waals surface area contributed by atoms with Crippen molar-refractivity contribution in [3.05, 3.63) is 41.5 Å². The molecular weight excluding hydrogens is 324 g/mol. The molecule has 0 aliphatic carbocycles. The molecule has 0 saturated carbocycles. The molecule has 4 nitrogen and oxygen atoms in total. The maximum atomic E-state index is 13.7. The number of nitrogens with zero attached hydrogens (tertiary/aromatic N) is 1. The van der Waals surface area contributed by atoms with Crippen LogP contribution in [0.25, 0.3) is 5.57 Å². The molecule has 0 aliphatic rings. The van der Waals surface area contributed by atoms with Crippen LogP contribution in [0, 0.1) is 11.6 Å². The number of halogens is 2. The van der Waals surface area contributed by atoms with Gasteiger partial charge in [0.05, 0.1) is 5.25 Å². The van der Waals surface area contributed by atoms with Gasteiger partial charge in [0, 0.05) is 37.1 Å². The number of amides is 1. The van der Waals surface area contributed by atoms with E-state index < -0.39 is 38.7 Å². The van der Waals surface area contributed by atoms with Gasteiger partial charge >= 0.3 is 0 Å². The van der Waals surface area contributed by atoms with Crippen LogP contribution in [0.1, 0.15) is 26.3 Å². The fourth-order valence-electron chi connectivity index (χ4n) is 2.05. The van der Waals surface area contributed by atoms with Crippen LogP contribution in [-0.2, 0) is 14.6 Å². The zero-order valence-corrected chi connectivity index (χ0v) is 14.6. The summed E-state index contributed by atoms with van der Waals surface area (Å²) in [6, 6.07) is 2.57. The predicted octanol–water partition coefficient (Wildman–Crippen LogP) is 2.65. The zero-order chi connectivity index (χ0) is 17.9. The summed E-state index contributed by atoms with van der Waals surface area (Å²) in [7, 11) is -1.80. The first-order valence-corrected chi connectivity index (χ1v) is 9.00. The van der Waals surface area contributed by atoms with E-state index in [0.717, 1.165) is 18.4 Å². The molecular formula is C16H21F2NO3S. The summed E-state index contributed by atoms with van der Waals surface area (Å²) in [4.78, 5) is 13.5. The Bertz CT molecular complexity index is 729. The highest BCUT2D eigenvalue weighted by Gasteiger charge is 2.27. The second-order valence-electron chi connectivity index (χ2n) is 5.68. The first-order chi connectivity index (χ1) is 10.4. The molecule has 7 heteroatoms. The molecule has 0 radical (unpaired) electrons. The third-order valence-corrected chi connectivity index (χ3v) is 5.75. The molecule has 128 valence electrons. The summed E-state index contributed by atoms with van der Waals surface area (Å²) < 4.78 is 49.8. The Morgan fingerprint density at radius 2 is 1.83 bits per heavy atom.